The van der Waals surface area contributed by atoms with Crippen LogP contribution in [0.2, 0.25) is 0 Å². The first-order chi connectivity index (χ1) is 14.1. The highest BCUT2D eigenvalue weighted by atomic mass is 79.9. The second-order valence-electron chi connectivity index (χ2n) is 6.98. The molecule has 5 rings (SSSR count). The highest BCUT2D eigenvalue weighted by molar-refractivity contribution is 9.10. The van der Waals surface area contributed by atoms with E-state index in [1.807, 2.05) is 53.8 Å². The predicted octanol–water partition coefficient (Wildman–Crippen LogP) is 5.29. The third-order valence-corrected chi connectivity index (χ3v) is 5.30. The van der Waals surface area contributed by atoms with E-state index in [-0.39, 0.29) is 0 Å². The largest absolute Gasteiger partial charge is 0.486 e. The van der Waals surface area contributed by atoms with E-state index in [9.17, 15) is 0 Å². The first kappa shape index (κ1) is 18.0. The Hall–Kier alpha value is -3.06. The fourth-order valence-electron chi connectivity index (χ4n) is 3.58. The molecule has 146 valence electrons. The van der Waals surface area contributed by atoms with Crippen LogP contribution in [0.25, 0.3) is 17.0 Å². The molecule has 1 aliphatic rings. The maximum Gasteiger partial charge on any atom is 0.236 e. The zero-order valence-corrected chi connectivity index (χ0v) is 17.7. The van der Waals surface area contributed by atoms with Crippen molar-refractivity contribution in [2.24, 2.45) is 0 Å². The standard InChI is InChI=1S/C22H19BrN4O2/c1-13-10-14(2)27-21(25-17-6-7-18-19(12-17)29-9-8-28-18)20(26-22(27)24-13)15-4-3-5-16(23)11-15/h3-7,10-12,25H,8-9H2,1-2H3. The Morgan fingerprint density at radius 1 is 0.966 bits per heavy atom. The smallest absolute Gasteiger partial charge is 0.236 e. The van der Waals surface area contributed by atoms with E-state index in [0.717, 1.165) is 50.1 Å². The van der Waals surface area contributed by atoms with Gasteiger partial charge in [-0.1, -0.05) is 28.1 Å². The molecule has 0 saturated carbocycles. The Labute approximate surface area is 176 Å². The molecule has 1 N–H and O–H groups in total. The van der Waals surface area contributed by atoms with Crippen molar-refractivity contribution >= 4 is 33.2 Å². The summed E-state index contributed by atoms with van der Waals surface area (Å²) in [5.74, 6) is 3.03. The Morgan fingerprint density at radius 3 is 2.62 bits per heavy atom. The van der Waals surface area contributed by atoms with Crippen molar-refractivity contribution in [3.63, 3.8) is 0 Å². The number of anilines is 2. The van der Waals surface area contributed by atoms with Crippen LogP contribution in [0.15, 0.2) is 53.0 Å². The summed E-state index contributed by atoms with van der Waals surface area (Å²) in [5.41, 5.74) is 4.73. The van der Waals surface area contributed by atoms with Crippen molar-refractivity contribution in [1.82, 2.24) is 14.4 Å². The number of benzene rings is 2. The van der Waals surface area contributed by atoms with Gasteiger partial charge in [-0.2, -0.15) is 0 Å². The van der Waals surface area contributed by atoms with Crippen LogP contribution in [-0.2, 0) is 0 Å². The molecule has 0 atom stereocenters. The lowest BCUT2D eigenvalue weighted by molar-refractivity contribution is 0.171. The van der Waals surface area contributed by atoms with Gasteiger partial charge in [-0.05, 0) is 44.2 Å². The van der Waals surface area contributed by atoms with Crippen molar-refractivity contribution in [1.29, 1.82) is 0 Å². The molecule has 0 radical (unpaired) electrons. The molecular weight excluding hydrogens is 432 g/mol. The van der Waals surface area contributed by atoms with E-state index in [1.165, 1.54) is 0 Å². The monoisotopic (exact) mass is 450 g/mol. The van der Waals surface area contributed by atoms with Gasteiger partial charge in [-0.15, -0.1) is 0 Å². The van der Waals surface area contributed by atoms with E-state index in [1.54, 1.807) is 0 Å². The van der Waals surface area contributed by atoms with Gasteiger partial charge in [0.05, 0.1) is 0 Å². The summed E-state index contributed by atoms with van der Waals surface area (Å²) >= 11 is 3.56. The van der Waals surface area contributed by atoms with Crippen molar-refractivity contribution in [3.05, 3.63) is 64.4 Å². The van der Waals surface area contributed by atoms with E-state index in [4.69, 9.17) is 14.5 Å². The molecule has 7 heteroatoms. The molecule has 0 bridgehead atoms. The number of fused-ring (bicyclic) bond motifs is 2. The highest BCUT2D eigenvalue weighted by Crippen LogP contribution is 2.37. The van der Waals surface area contributed by atoms with Crippen LogP contribution in [0.4, 0.5) is 11.5 Å². The summed E-state index contributed by atoms with van der Waals surface area (Å²) in [4.78, 5) is 9.47. The number of hydrogen-bond donors (Lipinski definition) is 1. The number of ether oxygens (including phenoxy) is 2. The number of aromatic nitrogens is 3. The molecule has 3 heterocycles. The maximum atomic E-state index is 5.73. The Balaban J connectivity index is 1.68. The fraction of sp³-hybridized carbons (Fsp3) is 0.182. The molecule has 6 nitrogen and oxygen atoms in total. The van der Waals surface area contributed by atoms with Crippen LogP contribution in [0.1, 0.15) is 11.4 Å². The molecule has 29 heavy (non-hydrogen) atoms. The molecule has 0 aliphatic carbocycles. The minimum atomic E-state index is 0.553. The molecule has 0 spiro atoms. The molecule has 0 unspecified atom stereocenters. The van der Waals surface area contributed by atoms with Crippen LogP contribution in [0.3, 0.4) is 0 Å². The zero-order chi connectivity index (χ0) is 20.0. The Kier molecular flexibility index (Phi) is 4.39. The molecule has 2 aromatic carbocycles. The van der Waals surface area contributed by atoms with Crippen molar-refractivity contribution in [2.45, 2.75) is 13.8 Å². The topological polar surface area (TPSA) is 60.7 Å². The molecular formula is C22H19BrN4O2. The second-order valence-corrected chi connectivity index (χ2v) is 7.89. The number of imidazole rings is 1. The fourth-order valence-corrected chi connectivity index (χ4v) is 3.98. The summed E-state index contributed by atoms with van der Waals surface area (Å²) in [6, 6.07) is 16.0. The molecule has 2 aromatic heterocycles. The lowest BCUT2D eigenvalue weighted by Crippen LogP contribution is -2.15. The van der Waals surface area contributed by atoms with Gasteiger partial charge in [0, 0.05) is 33.2 Å². The van der Waals surface area contributed by atoms with Gasteiger partial charge in [0.2, 0.25) is 5.78 Å². The normalized spacial score (nSPS) is 12.9. The average molecular weight is 451 g/mol. The zero-order valence-electron chi connectivity index (χ0n) is 16.1. The average Bonchev–Trinajstić information content (AvgIpc) is 3.06. The van der Waals surface area contributed by atoms with Crippen molar-refractivity contribution < 1.29 is 9.47 Å². The van der Waals surface area contributed by atoms with Gasteiger partial charge < -0.3 is 14.8 Å². The summed E-state index contributed by atoms with van der Waals surface area (Å²) in [7, 11) is 0. The van der Waals surface area contributed by atoms with Gasteiger partial charge >= 0.3 is 0 Å². The summed E-state index contributed by atoms with van der Waals surface area (Å²) in [6.07, 6.45) is 0. The molecule has 0 fully saturated rings. The first-order valence-corrected chi connectivity index (χ1v) is 10.2. The van der Waals surface area contributed by atoms with Crippen LogP contribution in [-0.4, -0.2) is 27.6 Å². The van der Waals surface area contributed by atoms with Gasteiger partial charge in [0.25, 0.3) is 0 Å². The molecule has 0 amide bonds. The van der Waals surface area contributed by atoms with Crippen LogP contribution in [0, 0.1) is 13.8 Å². The van der Waals surface area contributed by atoms with E-state index in [0.29, 0.717) is 19.0 Å². The van der Waals surface area contributed by atoms with E-state index >= 15 is 0 Å². The number of nitrogens with zero attached hydrogens (tertiary/aromatic N) is 3. The third-order valence-electron chi connectivity index (χ3n) is 4.81. The SMILES string of the molecule is Cc1cc(C)n2c(Nc3ccc4c(c3)OCCO4)c(-c3cccc(Br)c3)nc2n1. The summed E-state index contributed by atoms with van der Waals surface area (Å²) in [5, 5.41) is 3.53. The van der Waals surface area contributed by atoms with Crippen molar-refractivity contribution in [3.8, 4) is 22.8 Å². The van der Waals surface area contributed by atoms with Crippen LogP contribution >= 0.6 is 15.9 Å². The molecule has 0 saturated heterocycles. The molecule has 4 aromatic rings. The van der Waals surface area contributed by atoms with Gasteiger partial charge in [-0.25, -0.2) is 9.97 Å². The Bertz CT molecular complexity index is 1240. The van der Waals surface area contributed by atoms with Gasteiger partial charge in [0.15, 0.2) is 11.5 Å². The second kappa shape index (κ2) is 7.08. The summed E-state index contributed by atoms with van der Waals surface area (Å²) < 4.78 is 14.4. The minimum Gasteiger partial charge on any atom is -0.486 e. The lowest BCUT2D eigenvalue weighted by atomic mass is 10.1. The molecule has 1 aliphatic heterocycles. The number of hydrogen-bond acceptors (Lipinski definition) is 5. The van der Waals surface area contributed by atoms with Crippen LogP contribution < -0.4 is 14.8 Å². The first-order valence-electron chi connectivity index (χ1n) is 9.38. The highest BCUT2D eigenvalue weighted by Gasteiger charge is 2.19. The maximum absolute atomic E-state index is 5.73. The van der Waals surface area contributed by atoms with Crippen LogP contribution in [0.5, 0.6) is 11.5 Å². The predicted molar refractivity (Wildman–Crippen MR) is 116 cm³/mol. The van der Waals surface area contributed by atoms with Gasteiger partial charge in [0.1, 0.15) is 24.7 Å². The number of halogens is 1. The summed E-state index contributed by atoms with van der Waals surface area (Å²) in [6.45, 7) is 5.17. The third kappa shape index (κ3) is 3.31. The van der Waals surface area contributed by atoms with E-state index in [2.05, 4.69) is 39.2 Å². The number of rotatable bonds is 3. The van der Waals surface area contributed by atoms with E-state index < -0.39 is 0 Å². The quantitative estimate of drug-likeness (QED) is 0.459. The van der Waals surface area contributed by atoms with Crippen molar-refractivity contribution in [2.75, 3.05) is 18.5 Å². The number of aryl methyl sites for hydroxylation is 2. The van der Waals surface area contributed by atoms with Gasteiger partial charge in [-0.3, -0.25) is 4.40 Å². The number of nitrogens with one attached hydrogen (secondary N) is 1. The Morgan fingerprint density at radius 2 is 1.79 bits per heavy atom. The lowest BCUT2D eigenvalue weighted by Gasteiger charge is -2.19. The minimum absolute atomic E-state index is 0.553.